The molecule has 1 aromatic rings. The van der Waals surface area contributed by atoms with E-state index in [1.807, 2.05) is 90.9 Å². The topological polar surface area (TPSA) is 142 Å². The summed E-state index contributed by atoms with van der Waals surface area (Å²) in [6.45, 7) is 12.0. The monoisotopic (exact) mass is 643 g/mol. The lowest BCUT2D eigenvalue weighted by Gasteiger charge is -2.38. The first-order valence-electron chi connectivity index (χ1n) is 16.8. The Labute approximate surface area is 275 Å². The van der Waals surface area contributed by atoms with Gasteiger partial charge in [0.1, 0.15) is 24.2 Å². The van der Waals surface area contributed by atoms with E-state index in [4.69, 9.17) is 10.5 Å². The van der Waals surface area contributed by atoms with Gasteiger partial charge in [-0.1, -0.05) is 84.7 Å². The van der Waals surface area contributed by atoms with Crippen LogP contribution in [-0.4, -0.2) is 102 Å². The van der Waals surface area contributed by atoms with Gasteiger partial charge in [0.2, 0.25) is 17.7 Å². The summed E-state index contributed by atoms with van der Waals surface area (Å²) in [5.74, 6) is -2.88. The van der Waals surface area contributed by atoms with Crippen molar-refractivity contribution in [3.8, 4) is 0 Å². The zero-order valence-electron chi connectivity index (χ0n) is 29.3. The minimum Gasteiger partial charge on any atom is -0.451 e. The molecule has 46 heavy (non-hydrogen) atoms. The predicted octanol–water partition coefficient (Wildman–Crippen LogP) is 3.00. The Hall–Kier alpha value is -3.47. The highest BCUT2D eigenvalue weighted by Gasteiger charge is 2.44. The van der Waals surface area contributed by atoms with Crippen LogP contribution in [0.25, 0.3) is 0 Å². The highest BCUT2D eigenvalue weighted by Crippen LogP contribution is 2.26. The number of amides is 4. The van der Waals surface area contributed by atoms with Crippen molar-refractivity contribution in [1.29, 1.82) is 0 Å². The van der Waals surface area contributed by atoms with Crippen molar-refractivity contribution in [2.75, 3.05) is 27.7 Å². The first kappa shape index (κ1) is 38.7. The minimum atomic E-state index is -1.07. The van der Waals surface area contributed by atoms with Crippen LogP contribution in [0, 0.1) is 17.8 Å². The van der Waals surface area contributed by atoms with E-state index in [1.165, 1.54) is 9.80 Å². The Morgan fingerprint density at radius 2 is 1.48 bits per heavy atom. The number of benzene rings is 1. The van der Waals surface area contributed by atoms with Gasteiger partial charge < -0.3 is 25.6 Å². The van der Waals surface area contributed by atoms with Crippen LogP contribution in [0.4, 0.5) is 0 Å². The second-order valence-corrected chi connectivity index (χ2v) is 13.2. The van der Waals surface area contributed by atoms with Gasteiger partial charge in [-0.25, -0.2) is 0 Å². The fraction of sp³-hybridized carbons (Fsp3) is 0.686. The Kier molecular flexibility index (Phi) is 15.2. The molecule has 1 aliphatic heterocycles. The normalized spacial score (nSPS) is 19.3. The lowest BCUT2D eigenvalue weighted by molar-refractivity contribution is -0.171. The first-order valence-corrected chi connectivity index (χ1v) is 16.8. The summed E-state index contributed by atoms with van der Waals surface area (Å²) in [7, 11) is 5.21. The largest absolute Gasteiger partial charge is 0.451 e. The highest BCUT2D eigenvalue weighted by atomic mass is 16.6. The molecule has 8 unspecified atom stereocenters. The van der Waals surface area contributed by atoms with Crippen molar-refractivity contribution in [3.05, 3.63) is 35.9 Å². The van der Waals surface area contributed by atoms with Gasteiger partial charge in [-0.3, -0.25) is 28.9 Å². The van der Waals surface area contributed by atoms with Crippen LogP contribution < -0.4 is 11.1 Å². The molecule has 3 N–H and O–H groups in total. The van der Waals surface area contributed by atoms with E-state index in [1.54, 1.807) is 7.05 Å². The molecular weight excluding hydrogens is 586 g/mol. The zero-order chi connectivity index (χ0) is 34.7. The van der Waals surface area contributed by atoms with E-state index in [0.717, 1.165) is 12.0 Å². The second kappa shape index (κ2) is 18.0. The Bertz CT molecular complexity index is 1180. The molecule has 1 fully saturated rings. The molecule has 258 valence electrons. The molecule has 4 amide bonds. The van der Waals surface area contributed by atoms with Crippen molar-refractivity contribution in [2.24, 2.45) is 23.5 Å². The molecule has 0 aromatic heterocycles. The smallest absolute Gasteiger partial charge is 0.324 e. The van der Waals surface area contributed by atoms with E-state index in [0.29, 0.717) is 32.2 Å². The van der Waals surface area contributed by atoms with Crippen molar-refractivity contribution in [1.82, 2.24) is 20.0 Å². The van der Waals surface area contributed by atoms with Crippen molar-refractivity contribution >= 4 is 29.6 Å². The molecule has 1 aromatic carbocycles. The van der Waals surface area contributed by atoms with Gasteiger partial charge in [-0.2, -0.15) is 0 Å². The van der Waals surface area contributed by atoms with E-state index < -0.39 is 54.0 Å². The van der Waals surface area contributed by atoms with Crippen molar-refractivity contribution < 1.29 is 28.7 Å². The standard InChI is InChI=1S/C35H57N5O6/c1-10-22(4)28(39(9)34(44)30(24(6)12-3)46-35(45)29(38(7)8)23(5)11-2)33(43)40-20-16-19-27(40)32(42)37-26(31(36)41)21-25-17-14-13-15-18-25/h13-15,17-18,22-24,26-30H,10-12,16,19-21H2,1-9H3,(H2,36,41)(H,37,42). The fourth-order valence-electron chi connectivity index (χ4n) is 6.16. The molecule has 1 saturated heterocycles. The molecule has 8 atom stereocenters. The minimum absolute atomic E-state index is 0.0162. The van der Waals surface area contributed by atoms with Crippen LogP contribution in [0.15, 0.2) is 30.3 Å². The Morgan fingerprint density at radius 1 is 0.913 bits per heavy atom. The van der Waals surface area contributed by atoms with Crippen LogP contribution in [0.2, 0.25) is 0 Å². The number of hydrogen-bond donors (Lipinski definition) is 2. The van der Waals surface area contributed by atoms with Gasteiger partial charge in [-0.15, -0.1) is 0 Å². The number of ether oxygens (including phenoxy) is 1. The molecule has 0 spiro atoms. The molecule has 1 heterocycles. The average Bonchev–Trinajstić information content (AvgIpc) is 3.53. The number of carbonyl (C=O) groups is 5. The van der Waals surface area contributed by atoms with E-state index in [-0.39, 0.29) is 30.1 Å². The van der Waals surface area contributed by atoms with Gasteiger partial charge in [0, 0.05) is 25.9 Å². The molecule has 0 bridgehead atoms. The number of nitrogens with zero attached hydrogens (tertiary/aromatic N) is 3. The number of rotatable bonds is 17. The van der Waals surface area contributed by atoms with Crippen LogP contribution in [0.5, 0.6) is 0 Å². The molecular formula is C35H57N5O6. The fourth-order valence-corrected chi connectivity index (χ4v) is 6.16. The molecule has 0 radical (unpaired) electrons. The van der Waals surface area contributed by atoms with Crippen LogP contribution in [0.1, 0.15) is 79.2 Å². The van der Waals surface area contributed by atoms with E-state index >= 15 is 0 Å². The molecule has 11 heteroatoms. The maximum Gasteiger partial charge on any atom is 0.324 e. The summed E-state index contributed by atoms with van der Waals surface area (Å²) >= 11 is 0. The third kappa shape index (κ3) is 9.77. The van der Waals surface area contributed by atoms with Crippen LogP contribution >= 0.6 is 0 Å². The molecule has 1 aliphatic rings. The second-order valence-electron chi connectivity index (χ2n) is 13.2. The van der Waals surface area contributed by atoms with Gasteiger partial charge in [0.25, 0.3) is 5.91 Å². The summed E-state index contributed by atoms with van der Waals surface area (Å²) in [6, 6.07) is 6.12. The molecule has 0 aliphatic carbocycles. The number of nitrogens with two attached hydrogens (primary N) is 1. The SMILES string of the molecule is CCC(C)C(OC(=O)C(C(C)CC)N(C)C)C(=O)N(C)C(C(=O)N1CCCC1C(=O)NC(Cc1ccccc1)C(N)=O)C(C)CC. The molecule has 0 saturated carbocycles. The number of nitrogens with one attached hydrogen (secondary N) is 1. The zero-order valence-corrected chi connectivity index (χ0v) is 29.3. The highest BCUT2D eigenvalue weighted by molar-refractivity contribution is 5.95. The summed E-state index contributed by atoms with van der Waals surface area (Å²) in [5, 5.41) is 2.77. The summed E-state index contributed by atoms with van der Waals surface area (Å²) in [4.78, 5) is 72.4. The number of primary amides is 1. The summed E-state index contributed by atoms with van der Waals surface area (Å²) in [6.07, 6.45) is 2.15. The average molecular weight is 644 g/mol. The lowest BCUT2D eigenvalue weighted by atomic mass is 9.93. The van der Waals surface area contributed by atoms with Gasteiger partial charge in [0.15, 0.2) is 6.10 Å². The maximum atomic E-state index is 14.3. The quantitative estimate of drug-likeness (QED) is 0.249. The first-order chi connectivity index (χ1) is 21.7. The predicted molar refractivity (Wildman–Crippen MR) is 178 cm³/mol. The maximum absolute atomic E-state index is 14.3. The Morgan fingerprint density at radius 3 is 2.00 bits per heavy atom. The Balaban J connectivity index is 2.32. The number of esters is 1. The van der Waals surface area contributed by atoms with Gasteiger partial charge in [0.05, 0.1) is 0 Å². The third-order valence-corrected chi connectivity index (χ3v) is 9.61. The molecule has 11 nitrogen and oxygen atoms in total. The van der Waals surface area contributed by atoms with Gasteiger partial charge in [-0.05, 0) is 50.8 Å². The lowest BCUT2D eigenvalue weighted by Crippen LogP contribution is -2.59. The van der Waals surface area contributed by atoms with E-state index in [9.17, 15) is 24.0 Å². The number of likely N-dealkylation sites (N-methyl/N-ethyl adjacent to an activating group) is 2. The summed E-state index contributed by atoms with van der Waals surface area (Å²) < 4.78 is 5.97. The van der Waals surface area contributed by atoms with E-state index in [2.05, 4.69) is 5.32 Å². The van der Waals surface area contributed by atoms with Gasteiger partial charge >= 0.3 is 5.97 Å². The number of hydrogen-bond acceptors (Lipinski definition) is 7. The number of carbonyl (C=O) groups excluding carboxylic acids is 5. The van der Waals surface area contributed by atoms with Crippen molar-refractivity contribution in [3.63, 3.8) is 0 Å². The van der Waals surface area contributed by atoms with Crippen LogP contribution in [-0.2, 0) is 35.1 Å². The third-order valence-electron chi connectivity index (χ3n) is 9.61. The van der Waals surface area contributed by atoms with Crippen LogP contribution in [0.3, 0.4) is 0 Å². The summed E-state index contributed by atoms with van der Waals surface area (Å²) in [5.41, 5.74) is 6.49. The van der Waals surface area contributed by atoms with Crippen molar-refractivity contribution in [2.45, 2.75) is 110 Å². The molecule has 2 rings (SSSR count). The number of likely N-dealkylation sites (tertiary alicyclic amines) is 1.